The van der Waals surface area contributed by atoms with Crippen molar-refractivity contribution < 1.29 is 18.7 Å². The van der Waals surface area contributed by atoms with Gasteiger partial charge in [0.25, 0.3) is 5.91 Å². The van der Waals surface area contributed by atoms with Crippen LogP contribution in [0.3, 0.4) is 0 Å². The molecule has 0 fully saturated rings. The van der Waals surface area contributed by atoms with Crippen LogP contribution in [0.15, 0.2) is 16.7 Å². The normalized spacial score (nSPS) is 10.5. The van der Waals surface area contributed by atoms with Gasteiger partial charge >= 0.3 is 5.97 Å². The van der Waals surface area contributed by atoms with Crippen molar-refractivity contribution in [2.24, 2.45) is 0 Å². The molecule has 112 valence electrons. The van der Waals surface area contributed by atoms with Gasteiger partial charge in [0.15, 0.2) is 0 Å². The maximum Gasteiger partial charge on any atom is 0.342 e. The topological polar surface area (TPSA) is 84.3 Å². The molecule has 2 aromatic heterocycles. The van der Waals surface area contributed by atoms with Gasteiger partial charge in [-0.3, -0.25) is 4.79 Å². The largest absolute Gasteiger partial charge is 0.466 e. The summed E-state index contributed by atoms with van der Waals surface area (Å²) in [5.41, 5.74) is 1.82. The molecule has 2 heterocycles. The number of furan rings is 1. The Kier molecular flexibility index (Phi) is 4.16. The van der Waals surface area contributed by atoms with Crippen LogP contribution in [0.1, 0.15) is 44.9 Å². The predicted octanol–water partition coefficient (Wildman–Crippen LogP) is 2.96. The Bertz CT molecular complexity index is 682. The highest BCUT2D eigenvalue weighted by atomic mass is 16.5. The van der Waals surface area contributed by atoms with Crippen molar-refractivity contribution in [3.05, 3.63) is 40.6 Å². The van der Waals surface area contributed by atoms with E-state index in [0.29, 0.717) is 34.0 Å². The summed E-state index contributed by atoms with van der Waals surface area (Å²) in [7, 11) is 0. The van der Waals surface area contributed by atoms with Crippen molar-refractivity contribution >= 4 is 17.6 Å². The molecule has 0 unspecified atom stereocenters. The Morgan fingerprint density at radius 2 is 2.05 bits per heavy atom. The van der Waals surface area contributed by atoms with E-state index in [0.717, 1.165) is 0 Å². The van der Waals surface area contributed by atoms with Crippen LogP contribution in [0.5, 0.6) is 0 Å². The number of anilines is 1. The monoisotopic (exact) mass is 290 g/mol. The molecule has 0 radical (unpaired) electrons. The Balaban J connectivity index is 2.26. The van der Waals surface area contributed by atoms with Crippen LogP contribution in [0, 0.1) is 20.8 Å². The quantitative estimate of drug-likeness (QED) is 0.848. The van der Waals surface area contributed by atoms with E-state index in [-0.39, 0.29) is 12.5 Å². The predicted molar refractivity (Wildman–Crippen MR) is 77.6 cm³/mol. The molecule has 6 heteroatoms. The maximum atomic E-state index is 12.3. The summed E-state index contributed by atoms with van der Waals surface area (Å²) < 4.78 is 10.3. The number of rotatable bonds is 4. The Labute approximate surface area is 122 Å². The maximum absolute atomic E-state index is 12.3. The first-order valence-corrected chi connectivity index (χ1v) is 6.67. The highest BCUT2D eigenvalue weighted by Gasteiger charge is 2.21. The van der Waals surface area contributed by atoms with Crippen LogP contribution in [-0.2, 0) is 4.74 Å². The van der Waals surface area contributed by atoms with Gasteiger partial charge in [-0.15, -0.1) is 0 Å². The molecule has 6 nitrogen and oxygen atoms in total. The number of carbonyl (C=O) groups excluding carboxylic acids is 2. The second-order valence-electron chi connectivity index (χ2n) is 4.70. The van der Waals surface area contributed by atoms with Crippen molar-refractivity contribution in [2.75, 3.05) is 11.9 Å². The fourth-order valence-electron chi connectivity index (χ4n) is 2.14. The zero-order valence-corrected chi connectivity index (χ0v) is 12.5. The van der Waals surface area contributed by atoms with E-state index in [9.17, 15) is 9.59 Å². The highest BCUT2D eigenvalue weighted by Crippen LogP contribution is 2.22. The van der Waals surface area contributed by atoms with E-state index >= 15 is 0 Å². The molecule has 0 aliphatic rings. The lowest BCUT2D eigenvalue weighted by Crippen LogP contribution is -2.15. The van der Waals surface area contributed by atoms with E-state index in [4.69, 9.17) is 9.15 Å². The van der Waals surface area contributed by atoms with Gasteiger partial charge in [0.05, 0.1) is 17.9 Å². The van der Waals surface area contributed by atoms with Gasteiger partial charge in [-0.1, -0.05) is 0 Å². The zero-order valence-electron chi connectivity index (χ0n) is 12.5. The lowest BCUT2D eigenvalue weighted by Gasteiger charge is -2.06. The number of aryl methyl sites for hydroxylation is 3. The number of carbonyl (C=O) groups is 2. The van der Waals surface area contributed by atoms with Gasteiger partial charge in [-0.05, 0) is 33.8 Å². The van der Waals surface area contributed by atoms with Crippen LogP contribution in [0.25, 0.3) is 0 Å². The molecule has 0 spiro atoms. The molecular formula is C15H18N2O4. The third-order valence-electron chi connectivity index (χ3n) is 3.09. The van der Waals surface area contributed by atoms with Crippen molar-refractivity contribution in [3.8, 4) is 0 Å². The van der Waals surface area contributed by atoms with Crippen LogP contribution in [-0.4, -0.2) is 23.5 Å². The second kappa shape index (κ2) is 5.87. The molecule has 0 aromatic carbocycles. The Hall–Kier alpha value is -2.50. The molecule has 0 saturated carbocycles. The number of aromatic amines is 1. The van der Waals surface area contributed by atoms with Crippen LogP contribution in [0.2, 0.25) is 0 Å². The minimum atomic E-state index is -0.466. The fourth-order valence-corrected chi connectivity index (χ4v) is 2.14. The van der Waals surface area contributed by atoms with Gasteiger partial charge in [-0.25, -0.2) is 4.79 Å². The highest BCUT2D eigenvalue weighted by molar-refractivity contribution is 6.08. The fraction of sp³-hybridized carbons (Fsp3) is 0.333. The van der Waals surface area contributed by atoms with Gasteiger partial charge in [0, 0.05) is 11.9 Å². The average Bonchev–Trinajstić information content (AvgIpc) is 2.92. The van der Waals surface area contributed by atoms with Crippen LogP contribution in [0.4, 0.5) is 5.69 Å². The molecule has 0 aliphatic carbocycles. The Morgan fingerprint density at radius 3 is 2.62 bits per heavy atom. The van der Waals surface area contributed by atoms with Gasteiger partial charge in [-0.2, -0.15) is 0 Å². The molecule has 0 aliphatic heterocycles. The number of nitrogens with one attached hydrogen (secondary N) is 2. The van der Waals surface area contributed by atoms with Crippen LogP contribution >= 0.6 is 0 Å². The minimum Gasteiger partial charge on any atom is -0.466 e. The molecule has 21 heavy (non-hydrogen) atoms. The van der Waals surface area contributed by atoms with Crippen LogP contribution < -0.4 is 5.32 Å². The third-order valence-corrected chi connectivity index (χ3v) is 3.09. The number of ether oxygens (including phenoxy) is 1. The standard InChI is InChI=1S/C15H18N2O4/c1-5-20-15(19)13-9(3)16-7-12(13)17-14(18)11-6-8(2)21-10(11)4/h6-7,16H,5H2,1-4H3,(H,17,18). The summed E-state index contributed by atoms with van der Waals surface area (Å²) in [6.45, 7) is 7.24. The van der Waals surface area contributed by atoms with Crippen molar-refractivity contribution in [1.29, 1.82) is 0 Å². The number of esters is 1. The SMILES string of the molecule is CCOC(=O)c1c(NC(=O)c2cc(C)oc2C)c[nH]c1C. The van der Waals surface area contributed by atoms with Gasteiger partial charge in [0.2, 0.25) is 0 Å². The summed E-state index contributed by atoms with van der Waals surface area (Å²) in [5, 5.41) is 2.71. The Morgan fingerprint density at radius 1 is 1.33 bits per heavy atom. The average molecular weight is 290 g/mol. The molecular weight excluding hydrogens is 272 g/mol. The third kappa shape index (κ3) is 2.99. The van der Waals surface area contributed by atoms with E-state index in [1.165, 1.54) is 0 Å². The summed E-state index contributed by atoms with van der Waals surface area (Å²) in [6, 6.07) is 1.66. The number of hydrogen-bond donors (Lipinski definition) is 2. The number of hydrogen-bond acceptors (Lipinski definition) is 4. The zero-order chi connectivity index (χ0) is 15.6. The van der Waals surface area contributed by atoms with E-state index in [1.807, 2.05) is 0 Å². The summed E-state index contributed by atoms with van der Waals surface area (Å²) in [6.07, 6.45) is 1.57. The number of aromatic nitrogens is 1. The van der Waals surface area contributed by atoms with E-state index in [1.54, 1.807) is 40.0 Å². The second-order valence-corrected chi connectivity index (χ2v) is 4.70. The molecule has 2 N–H and O–H groups in total. The lowest BCUT2D eigenvalue weighted by molar-refractivity contribution is 0.0527. The van der Waals surface area contributed by atoms with E-state index in [2.05, 4.69) is 10.3 Å². The molecule has 0 atom stereocenters. The molecule has 2 aromatic rings. The minimum absolute atomic E-state index is 0.275. The first kappa shape index (κ1) is 14.9. The van der Waals surface area contributed by atoms with E-state index < -0.39 is 5.97 Å². The molecule has 0 saturated heterocycles. The lowest BCUT2D eigenvalue weighted by atomic mass is 10.2. The summed E-state index contributed by atoms with van der Waals surface area (Å²) in [5.74, 6) is 0.406. The molecule has 1 amide bonds. The van der Waals surface area contributed by atoms with Crippen molar-refractivity contribution in [1.82, 2.24) is 4.98 Å². The molecule has 0 bridgehead atoms. The molecule has 2 rings (SSSR count). The van der Waals surface area contributed by atoms with Gasteiger partial charge < -0.3 is 19.5 Å². The summed E-state index contributed by atoms with van der Waals surface area (Å²) >= 11 is 0. The van der Waals surface area contributed by atoms with Crippen molar-refractivity contribution in [3.63, 3.8) is 0 Å². The first-order chi connectivity index (χ1) is 9.93. The smallest absolute Gasteiger partial charge is 0.342 e. The summed E-state index contributed by atoms with van der Waals surface area (Å²) in [4.78, 5) is 27.1. The van der Waals surface area contributed by atoms with Gasteiger partial charge in [0.1, 0.15) is 17.1 Å². The number of H-pyrrole nitrogens is 1. The number of amides is 1. The van der Waals surface area contributed by atoms with Crippen molar-refractivity contribution in [2.45, 2.75) is 27.7 Å². The first-order valence-electron chi connectivity index (χ1n) is 6.67.